The maximum absolute atomic E-state index is 7.23. The van der Waals surface area contributed by atoms with Crippen LogP contribution in [0.2, 0.25) is 0 Å². The van der Waals surface area contributed by atoms with Gasteiger partial charge in [0.15, 0.2) is 0 Å². The molecule has 0 saturated heterocycles. The second-order valence-corrected chi connectivity index (χ2v) is 26.8. The SMILES string of the molecule is CC(C)c1cccc(C(C)C)c1-c1cc(Oc2[c-]c3c(cc2)c2cc(C(C)(C)c4ccccc4)ccc2n3-c2cc(C(C)(C)c3ccccc3)ccn2)[c-]c(N2[CH-]N(c3cc(C(C)(C)C)cc(C(C)(C)C)c3)C=C2C(C)(C)C)c1.[Pt]. The van der Waals surface area contributed by atoms with Gasteiger partial charge in [-0.25, -0.2) is 4.98 Å². The number of hydrogen-bond donors (Lipinski definition) is 0. The Bertz CT molecular complexity index is 3690. The standard InChI is InChI=1S/C74H81N4O.Pt/c1-48(2)61-29-24-30-62(49(3)4)69(61)50-37-58(77-47-76(46-67(77)72(11,12)13)57-40-55(70(5,6)7)39-56(41-57)71(8,9)10)44-60(38-50)79-59-32-33-63-64-42-53(73(14,15)51-25-20-18-21-26-51)31-34-65(64)78(66(63)45-59)68-43-54(35-36-75-68)74(16,17)52-27-22-19-23-28-52;/h18-43,46-49H,1-17H3;/q-3;. The van der Waals surface area contributed by atoms with Gasteiger partial charge in [-0.1, -0.05) is 220 Å². The van der Waals surface area contributed by atoms with Crippen molar-refractivity contribution in [2.45, 2.75) is 151 Å². The number of allylic oxidation sites excluding steroid dienone is 1. The third kappa shape index (κ3) is 11.2. The molecule has 6 heteroatoms. The van der Waals surface area contributed by atoms with Gasteiger partial charge in [0.25, 0.3) is 0 Å². The molecule has 0 atom stereocenters. The van der Waals surface area contributed by atoms with E-state index in [0.29, 0.717) is 23.3 Å². The Kier molecular flexibility index (Phi) is 15.7. The molecule has 0 bridgehead atoms. The minimum Gasteiger partial charge on any atom is -0.509 e. The summed E-state index contributed by atoms with van der Waals surface area (Å²) in [4.78, 5) is 9.78. The number of benzene rings is 7. The van der Waals surface area contributed by atoms with Gasteiger partial charge < -0.3 is 19.1 Å². The molecule has 5 nitrogen and oxygen atoms in total. The predicted molar refractivity (Wildman–Crippen MR) is 334 cm³/mol. The Balaban J connectivity index is 0.00000774. The molecule has 10 rings (SSSR count). The van der Waals surface area contributed by atoms with Gasteiger partial charge in [0, 0.05) is 71.9 Å². The zero-order valence-corrected chi connectivity index (χ0v) is 52.6. The van der Waals surface area contributed by atoms with Crippen molar-refractivity contribution in [1.82, 2.24) is 9.55 Å². The van der Waals surface area contributed by atoms with Crippen LogP contribution in [0.3, 0.4) is 0 Å². The van der Waals surface area contributed by atoms with Crippen molar-refractivity contribution in [2.75, 3.05) is 9.80 Å². The van der Waals surface area contributed by atoms with Crippen LogP contribution in [0.5, 0.6) is 11.5 Å². The Labute approximate surface area is 493 Å². The van der Waals surface area contributed by atoms with E-state index in [1.165, 1.54) is 50.1 Å². The molecule has 3 heterocycles. The first-order valence-electron chi connectivity index (χ1n) is 28.5. The van der Waals surface area contributed by atoms with Crippen LogP contribution in [0.1, 0.15) is 174 Å². The van der Waals surface area contributed by atoms with Gasteiger partial charge in [-0.05, 0) is 115 Å². The van der Waals surface area contributed by atoms with E-state index >= 15 is 0 Å². The van der Waals surface area contributed by atoms with E-state index in [9.17, 15) is 0 Å². The first-order valence-corrected chi connectivity index (χ1v) is 28.5. The summed E-state index contributed by atoms with van der Waals surface area (Å²) < 4.78 is 9.50. The van der Waals surface area contributed by atoms with E-state index in [1.54, 1.807) is 0 Å². The molecule has 1 aliphatic rings. The van der Waals surface area contributed by atoms with Crippen molar-refractivity contribution in [3.05, 3.63) is 233 Å². The largest absolute Gasteiger partial charge is 0.509 e. The van der Waals surface area contributed by atoms with Gasteiger partial charge in [0.2, 0.25) is 0 Å². The van der Waals surface area contributed by atoms with Crippen molar-refractivity contribution in [1.29, 1.82) is 0 Å². The number of aromatic nitrogens is 2. The van der Waals surface area contributed by atoms with Crippen LogP contribution in [0, 0.1) is 24.2 Å². The normalized spacial score (nSPS) is 13.7. The third-order valence-corrected chi connectivity index (χ3v) is 16.5. The van der Waals surface area contributed by atoms with Crippen LogP contribution in [-0.2, 0) is 42.7 Å². The van der Waals surface area contributed by atoms with E-state index in [1.807, 2.05) is 6.20 Å². The van der Waals surface area contributed by atoms with Crippen molar-refractivity contribution >= 4 is 33.2 Å². The number of pyridine rings is 1. The first-order chi connectivity index (χ1) is 37.2. The fourth-order valence-corrected chi connectivity index (χ4v) is 11.4. The van der Waals surface area contributed by atoms with Gasteiger partial charge in [0.1, 0.15) is 5.82 Å². The molecule has 0 aliphatic carbocycles. The van der Waals surface area contributed by atoms with Crippen LogP contribution >= 0.6 is 0 Å². The summed E-state index contributed by atoms with van der Waals surface area (Å²) in [6, 6.07) is 63.3. The molecule has 0 spiro atoms. The van der Waals surface area contributed by atoms with Gasteiger partial charge in [-0.3, -0.25) is 0 Å². The zero-order valence-electron chi connectivity index (χ0n) is 50.3. The van der Waals surface area contributed by atoms with Crippen molar-refractivity contribution in [3.8, 4) is 28.4 Å². The van der Waals surface area contributed by atoms with Crippen LogP contribution in [-0.4, -0.2) is 9.55 Å². The first kappa shape index (κ1) is 58.0. The second-order valence-electron chi connectivity index (χ2n) is 26.8. The van der Waals surface area contributed by atoms with E-state index in [0.717, 1.165) is 50.3 Å². The summed E-state index contributed by atoms with van der Waals surface area (Å²) in [5, 5.41) is 2.21. The maximum Gasteiger partial charge on any atom is 0.135 e. The molecular formula is C74H81N4OPt-3. The minimum absolute atomic E-state index is 0. The average molecular weight is 1240 g/mol. The molecule has 0 unspecified atom stereocenters. The number of fused-ring (bicyclic) bond motifs is 3. The average Bonchev–Trinajstić information content (AvgIpc) is 4.06. The Morgan fingerprint density at radius 1 is 0.500 bits per heavy atom. The molecule has 0 fully saturated rings. The molecule has 7 aromatic carbocycles. The van der Waals surface area contributed by atoms with Crippen molar-refractivity contribution in [3.63, 3.8) is 0 Å². The van der Waals surface area contributed by atoms with E-state index in [2.05, 4.69) is 309 Å². The molecule has 0 saturated carbocycles. The molecule has 0 N–H and O–H groups in total. The Hall–Kier alpha value is -6.68. The quantitative estimate of drug-likeness (QED) is 0.114. The predicted octanol–water partition coefficient (Wildman–Crippen LogP) is 20.1. The fourth-order valence-electron chi connectivity index (χ4n) is 11.4. The van der Waals surface area contributed by atoms with Crippen LogP contribution in [0.4, 0.5) is 11.4 Å². The van der Waals surface area contributed by atoms with Crippen LogP contribution in [0.15, 0.2) is 170 Å². The van der Waals surface area contributed by atoms with Gasteiger partial charge in [-0.2, -0.15) is 6.07 Å². The smallest absolute Gasteiger partial charge is 0.135 e. The van der Waals surface area contributed by atoms with E-state index in [4.69, 9.17) is 9.72 Å². The monoisotopic (exact) mass is 1240 g/mol. The zero-order chi connectivity index (χ0) is 56.6. The topological polar surface area (TPSA) is 33.5 Å². The molecule has 80 heavy (non-hydrogen) atoms. The third-order valence-electron chi connectivity index (χ3n) is 16.5. The van der Waals surface area contributed by atoms with Crippen molar-refractivity contribution < 1.29 is 25.8 Å². The van der Waals surface area contributed by atoms with Gasteiger partial charge >= 0.3 is 0 Å². The van der Waals surface area contributed by atoms with Gasteiger partial charge in [-0.15, -0.1) is 53.6 Å². The second kappa shape index (κ2) is 21.7. The summed E-state index contributed by atoms with van der Waals surface area (Å²) in [5.41, 5.74) is 16.8. The Morgan fingerprint density at radius 2 is 1.07 bits per heavy atom. The summed E-state index contributed by atoms with van der Waals surface area (Å²) in [6.07, 6.45) is 4.26. The van der Waals surface area contributed by atoms with E-state index < -0.39 is 0 Å². The molecule has 0 amide bonds. The molecule has 2 aromatic heterocycles. The summed E-state index contributed by atoms with van der Waals surface area (Å²) in [7, 11) is 0. The number of ether oxygens (including phenoxy) is 1. The minimum atomic E-state index is -0.275. The maximum atomic E-state index is 7.23. The Morgan fingerprint density at radius 3 is 1.62 bits per heavy atom. The van der Waals surface area contributed by atoms with Gasteiger partial charge in [0.05, 0.1) is 0 Å². The fraction of sp³-hybridized carbons (Fsp3) is 0.324. The molecule has 416 valence electrons. The summed E-state index contributed by atoms with van der Waals surface area (Å²) >= 11 is 0. The number of hydrogen-bond acceptors (Lipinski definition) is 4. The number of nitrogens with zero attached hydrogens (tertiary/aromatic N) is 4. The molecular weight excluding hydrogens is 1160 g/mol. The van der Waals surface area contributed by atoms with Crippen LogP contribution in [0.25, 0.3) is 38.8 Å². The number of rotatable bonds is 12. The number of anilines is 2. The summed E-state index contributed by atoms with van der Waals surface area (Å²) in [6.45, 7) is 41.3. The van der Waals surface area contributed by atoms with E-state index in [-0.39, 0.29) is 48.1 Å². The van der Waals surface area contributed by atoms with Crippen molar-refractivity contribution in [2.24, 2.45) is 5.41 Å². The molecule has 9 aromatic rings. The molecule has 0 radical (unpaired) electrons. The van der Waals surface area contributed by atoms with Crippen LogP contribution < -0.4 is 14.5 Å². The molecule has 1 aliphatic heterocycles. The summed E-state index contributed by atoms with van der Waals surface area (Å²) in [5.74, 6) is 2.61.